The fourth-order valence-electron chi connectivity index (χ4n) is 1.29. The van der Waals surface area contributed by atoms with Crippen LogP contribution >= 0.6 is 0 Å². The van der Waals surface area contributed by atoms with Crippen LogP contribution < -0.4 is 0 Å². The molecule has 0 fully saturated rings. The van der Waals surface area contributed by atoms with Gasteiger partial charge < -0.3 is 10.2 Å². The van der Waals surface area contributed by atoms with E-state index in [0.29, 0.717) is 0 Å². The molecule has 0 spiro atoms. The van der Waals surface area contributed by atoms with E-state index in [-0.39, 0.29) is 5.57 Å². The Morgan fingerprint density at radius 3 is 2.53 bits per heavy atom. The molecule has 0 saturated carbocycles. The van der Waals surface area contributed by atoms with Gasteiger partial charge in [0.05, 0.1) is 17.6 Å². The average molecular weight is 207 g/mol. The van der Waals surface area contributed by atoms with Crippen molar-refractivity contribution in [2.75, 3.05) is 0 Å². The van der Waals surface area contributed by atoms with E-state index in [0.717, 1.165) is 6.08 Å². The summed E-state index contributed by atoms with van der Waals surface area (Å²) >= 11 is 0. The van der Waals surface area contributed by atoms with Crippen LogP contribution in [0.1, 0.15) is 6.92 Å². The smallest absolute Gasteiger partial charge is 0.335 e. The minimum absolute atomic E-state index is 0.0553. The van der Waals surface area contributed by atoms with Gasteiger partial charge in [-0.25, -0.2) is 4.79 Å². The number of aliphatic carboxylic acids is 2. The first-order valence-corrected chi connectivity index (χ1v) is 4.19. The van der Waals surface area contributed by atoms with Crippen molar-refractivity contribution in [2.24, 2.45) is 11.3 Å². The van der Waals surface area contributed by atoms with E-state index in [9.17, 15) is 9.59 Å². The van der Waals surface area contributed by atoms with E-state index < -0.39 is 23.3 Å². The highest BCUT2D eigenvalue weighted by Gasteiger charge is 2.41. The number of carbonyl (C=O) groups is 2. The second-order valence-electron chi connectivity index (χ2n) is 3.46. The van der Waals surface area contributed by atoms with Gasteiger partial charge in [0.2, 0.25) is 0 Å². The number of carboxylic acid groups (broad SMARTS) is 2. The van der Waals surface area contributed by atoms with Crippen molar-refractivity contribution in [3.63, 3.8) is 0 Å². The SMILES string of the molecule is CC1(C(=O)O)C=CC(C(=O)O)=CC1C#N. The molecule has 0 aromatic carbocycles. The Morgan fingerprint density at radius 2 is 2.13 bits per heavy atom. The Bertz CT molecular complexity index is 416. The Kier molecular flexibility index (Phi) is 2.62. The molecule has 78 valence electrons. The van der Waals surface area contributed by atoms with E-state index in [4.69, 9.17) is 15.5 Å². The number of hydrogen-bond acceptors (Lipinski definition) is 3. The first-order valence-electron chi connectivity index (χ1n) is 4.19. The van der Waals surface area contributed by atoms with E-state index >= 15 is 0 Å². The van der Waals surface area contributed by atoms with Crippen LogP contribution in [0, 0.1) is 22.7 Å². The fourth-order valence-corrected chi connectivity index (χ4v) is 1.29. The topological polar surface area (TPSA) is 98.4 Å². The molecule has 2 atom stereocenters. The highest BCUT2D eigenvalue weighted by Crippen LogP contribution is 2.34. The molecule has 0 saturated heterocycles. The molecule has 2 unspecified atom stereocenters. The summed E-state index contributed by atoms with van der Waals surface area (Å²) in [5, 5.41) is 26.4. The quantitative estimate of drug-likeness (QED) is 0.697. The molecule has 0 heterocycles. The second-order valence-corrected chi connectivity index (χ2v) is 3.46. The van der Waals surface area contributed by atoms with Crippen LogP contribution in [0.25, 0.3) is 0 Å². The third kappa shape index (κ3) is 1.74. The summed E-state index contributed by atoms with van der Waals surface area (Å²) in [5.74, 6) is -3.28. The highest BCUT2D eigenvalue weighted by molar-refractivity contribution is 5.91. The predicted octanol–water partition coefficient (Wildman–Crippen LogP) is 0.798. The van der Waals surface area contributed by atoms with Gasteiger partial charge in [0.15, 0.2) is 0 Å². The molecule has 1 aliphatic rings. The van der Waals surface area contributed by atoms with Gasteiger partial charge in [-0.1, -0.05) is 18.2 Å². The molecule has 0 bridgehead atoms. The van der Waals surface area contributed by atoms with E-state index in [1.165, 1.54) is 19.1 Å². The predicted molar refractivity (Wildman–Crippen MR) is 49.7 cm³/mol. The van der Waals surface area contributed by atoms with Gasteiger partial charge in [0.25, 0.3) is 0 Å². The van der Waals surface area contributed by atoms with Crippen LogP contribution in [0.3, 0.4) is 0 Å². The lowest BCUT2D eigenvalue weighted by Crippen LogP contribution is -2.34. The summed E-state index contributed by atoms with van der Waals surface area (Å²) in [6.07, 6.45) is 3.62. The third-order valence-electron chi connectivity index (χ3n) is 2.45. The van der Waals surface area contributed by atoms with Crippen LogP contribution in [-0.2, 0) is 9.59 Å². The standard InChI is InChI=1S/C10H9NO4/c1-10(9(14)15)3-2-6(8(12)13)4-7(10)5-11/h2-4,7H,1H3,(H,12,13)(H,14,15). The lowest BCUT2D eigenvalue weighted by molar-refractivity contribution is -0.146. The molecular formula is C10H9NO4. The number of nitrogens with zero attached hydrogens (tertiary/aromatic N) is 1. The highest BCUT2D eigenvalue weighted by atomic mass is 16.4. The van der Waals surface area contributed by atoms with Gasteiger partial charge >= 0.3 is 11.9 Å². The number of hydrogen-bond donors (Lipinski definition) is 2. The maximum absolute atomic E-state index is 10.9. The molecule has 0 aliphatic heterocycles. The van der Waals surface area contributed by atoms with Gasteiger partial charge in [-0.05, 0) is 6.92 Å². The Labute approximate surface area is 85.9 Å². The number of allylic oxidation sites excluding steroid dienone is 1. The Hall–Kier alpha value is -2.09. The van der Waals surface area contributed by atoms with Gasteiger partial charge in [0.1, 0.15) is 5.41 Å². The van der Waals surface area contributed by atoms with Gasteiger partial charge in [-0.15, -0.1) is 0 Å². The number of rotatable bonds is 2. The Balaban J connectivity index is 3.16. The van der Waals surface area contributed by atoms with Crippen molar-refractivity contribution in [1.82, 2.24) is 0 Å². The molecule has 1 rings (SSSR count). The Morgan fingerprint density at radius 1 is 1.53 bits per heavy atom. The van der Waals surface area contributed by atoms with Crippen molar-refractivity contribution in [1.29, 1.82) is 5.26 Å². The lowest BCUT2D eigenvalue weighted by Gasteiger charge is -2.26. The summed E-state index contributed by atoms with van der Waals surface area (Å²) in [7, 11) is 0. The number of nitriles is 1. The molecule has 5 nitrogen and oxygen atoms in total. The molecule has 15 heavy (non-hydrogen) atoms. The van der Waals surface area contributed by atoms with E-state index in [1.807, 2.05) is 0 Å². The molecule has 0 aromatic heterocycles. The van der Waals surface area contributed by atoms with Crippen LogP contribution in [0.2, 0.25) is 0 Å². The minimum atomic E-state index is -1.35. The van der Waals surface area contributed by atoms with Crippen molar-refractivity contribution in [3.05, 3.63) is 23.8 Å². The first kappa shape index (κ1) is 11.0. The average Bonchev–Trinajstić information content (AvgIpc) is 2.17. The number of carboxylic acids is 2. The van der Waals surface area contributed by atoms with Crippen molar-refractivity contribution < 1.29 is 19.8 Å². The molecule has 5 heteroatoms. The van der Waals surface area contributed by atoms with Crippen LogP contribution in [0.15, 0.2) is 23.8 Å². The summed E-state index contributed by atoms with van der Waals surface area (Å²) in [5.41, 5.74) is -1.41. The zero-order valence-electron chi connectivity index (χ0n) is 7.97. The molecular weight excluding hydrogens is 198 g/mol. The molecule has 1 aliphatic carbocycles. The lowest BCUT2D eigenvalue weighted by atomic mass is 9.73. The van der Waals surface area contributed by atoms with Crippen molar-refractivity contribution in [2.45, 2.75) is 6.92 Å². The largest absolute Gasteiger partial charge is 0.481 e. The van der Waals surface area contributed by atoms with Crippen molar-refractivity contribution >= 4 is 11.9 Å². The molecule has 0 aromatic rings. The van der Waals surface area contributed by atoms with Crippen molar-refractivity contribution in [3.8, 4) is 6.07 Å². The monoisotopic (exact) mass is 207 g/mol. The summed E-state index contributed by atoms with van der Waals surface area (Å²) < 4.78 is 0. The van der Waals surface area contributed by atoms with E-state index in [2.05, 4.69) is 0 Å². The molecule has 0 amide bonds. The molecule has 2 N–H and O–H groups in total. The van der Waals surface area contributed by atoms with Crippen LogP contribution in [0.4, 0.5) is 0 Å². The van der Waals surface area contributed by atoms with Gasteiger partial charge in [0, 0.05) is 0 Å². The summed E-state index contributed by atoms with van der Waals surface area (Å²) in [6, 6.07) is 1.79. The second kappa shape index (κ2) is 3.58. The normalized spacial score (nSPS) is 29.1. The summed E-state index contributed by atoms with van der Waals surface area (Å²) in [6.45, 7) is 1.38. The zero-order valence-corrected chi connectivity index (χ0v) is 7.97. The summed E-state index contributed by atoms with van der Waals surface area (Å²) in [4.78, 5) is 21.6. The fraction of sp³-hybridized carbons (Fsp3) is 0.300. The van der Waals surface area contributed by atoms with Gasteiger partial charge in [-0.2, -0.15) is 5.26 Å². The maximum Gasteiger partial charge on any atom is 0.335 e. The first-order chi connectivity index (χ1) is 6.91. The van der Waals surface area contributed by atoms with Crippen LogP contribution in [-0.4, -0.2) is 22.2 Å². The van der Waals surface area contributed by atoms with Crippen LogP contribution in [0.5, 0.6) is 0 Å². The minimum Gasteiger partial charge on any atom is -0.481 e. The van der Waals surface area contributed by atoms with E-state index in [1.54, 1.807) is 6.07 Å². The molecule has 0 radical (unpaired) electrons. The maximum atomic E-state index is 10.9. The third-order valence-corrected chi connectivity index (χ3v) is 2.45. The zero-order chi connectivity index (χ0) is 11.6. The van der Waals surface area contributed by atoms with Gasteiger partial charge in [-0.3, -0.25) is 4.79 Å².